The van der Waals surface area contributed by atoms with Crippen LogP contribution in [0.1, 0.15) is 0 Å². The van der Waals surface area contributed by atoms with Crippen LogP contribution in [0.3, 0.4) is 0 Å². The van der Waals surface area contributed by atoms with Crippen molar-refractivity contribution < 1.29 is 8.83 Å². The molecule has 276 valence electrons. The number of hydrogen-bond donors (Lipinski definition) is 0. The molecule has 3 nitrogen and oxygen atoms in total. The predicted molar refractivity (Wildman–Crippen MR) is 247 cm³/mol. The Kier molecular flexibility index (Phi) is 7.54. The molecule has 0 aliphatic heterocycles. The minimum absolute atomic E-state index is 0.847. The van der Waals surface area contributed by atoms with Crippen LogP contribution in [0.5, 0.6) is 0 Å². The molecule has 0 aliphatic carbocycles. The van der Waals surface area contributed by atoms with Crippen molar-refractivity contribution in [2.24, 2.45) is 0 Å². The van der Waals surface area contributed by atoms with Gasteiger partial charge in [0.15, 0.2) is 0 Å². The van der Waals surface area contributed by atoms with Crippen molar-refractivity contribution in [1.29, 1.82) is 0 Å². The van der Waals surface area contributed by atoms with E-state index in [-0.39, 0.29) is 0 Å². The standard InChI is InChI=1S/C56H35NO2/c1-2-14-36(15-3-1)42-33-30-39(49-34-38-16-4-5-17-41(38)44-18-6-7-19-45(44)49)35-51(42)57(50-24-13-27-54-55(50)48-21-9-11-26-53(48)58-54)40-31-28-37(29-32-40)43-22-12-23-47-46-20-8-10-25-52(46)59-56(43)47/h1-35H. The first-order chi connectivity index (χ1) is 29.3. The first-order valence-electron chi connectivity index (χ1n) is 20.1. The summed E-state index contributed by atoms with van der Waals surface area (Å²) in [6.45, 7) is 0. The molecule has 0 spiro atoms. The van der Waals surface area contributed by atoms with Gasteiger partial charge in [-0.15, -0.1) is 0 Å². The van der Waals surface area contributed by atoms with Crippen LogP contribution in [-0.2, 0) is 0 Å². The predicted octanol–water partition coefficient (Wildman–Crippen LogP) is 16.3. The van der Waals surface area contributed by atoms with Crippen molar-refractivity contribution in [1.82, 2.24) is 0 Å². The lowest BCUT2D eigenvalue weighted by molar-refractivity contribution is 0.669. The van der Waals surface area contributed by atoms with Crippen molar-refractivity contribution >= 4 is 82.5 Å². The summed E-state index contributed by atoms with van der Waals surface area (Å²) in [6, 6.07) is 75.8. The minimum Gasteiger partial charge on any atom is -0.456 e. The van der Waals surface area contributed by atoms with E-state index in [4.69, 9.17) is 8.83 Å². The Labute approximate surface area is 340 Å². The molecule has 0 saturated heterocycles. The van der Waals surface area contributed by atoms with Crippen LogP contribution in [0, 0.1) is 0 Å². The molecule has 10 aromatic carbocycles. The smallest absolute Gasteiger partial charge is 0.143 e. The highest BCUT2D eigenvalue weighted by molar-refractivity contribution is 6.16. The van der Waals surface area contributed by atoms with Gasteiger partial charge >= 0.3 is 0 Å². The molecule has 0 bridgehead atoms. The van der Waals surface area contributed by atoms with Crippen LogP contribution < -0.4 is 4.90 Å². The summed E-state index contributed by atoms with van der Waals surface area (Å²) in [5.41, 5.74) is 13.4. The zero-order chi connectivity index (χ0) is 38.9. The maximum absolute atomic E-state index is 6.52. The molecule has 0 saturated carbocycles. The lowest BCUT2D eigenvalue weighted by Crippen LogP contribution is -2.12. The number of anilines is 3. The van der Waals surface area contributed by atoms with Gasteiger partial charge in [0.2, 0.25) is 0 Å². The van der Waals surface area contributed by atoms with Gasteiger partial charge in [-0.05, 0) is 92.3 Å². The summed E-state index contributed by atoms with van der Waals surface area (Å²) in [4.78, 5) is 2.42. The van der Waals surface area contributed by atoms with E-state index in [0.717, 1.165) is 88.8 Å². The molecule has 12 aromatic rings. The second-order valence-electron chi connectivity index (χ2n) is 15.2. The van der Waals surface area contributed by atoms with Gasteiger partial charge in [-0.1, -0.05) is 164 Å². The van der Waals surface area contributed by atoms with Gasteiger partial charge < -0.3 is 13.7 Å². The van der Waals surface area contributed by atoms with E-state index in [2.05, 4.69) is 199 Å². The zero-order valence-electron chi connectivity index (χ0n) is 32.0. The minimum atomic E-state index is 0.847. The summed E-state index contributed by atoms with van der Waals surface area (Å²) in [5, 5.41) is 9.34. The molecule has 0 fully saturated rings. The van der Waals surface area contributed by atoms with Crippen molar-refractivity contribution in [3.05, 3.63) is 212 Å². The number of fused-ring (bicyclic) bond motifs is 9. The molecular weight excluding hydrogens is 719 g/mol. The van der Waals surface area contributed by atoms with Gasteiger partial charge in [-0.3, -0.25) is 0 Å². The molecule has 2 heterocycles. The molecule has 0 atom stereocenters. The first-order valence-corrected chi connectivity index (χ1v) is 20.1. The summed E-state index contributed by atoms with van der Waals surface area (Å²) < 4.78 is 13.0. The van der Waals surface area contributed by atoms with E-state index < -0.39 is 0 Å². The Morgan fingerprint density at radius 1 is 0.305 bits per heavy atom. The van der Waals surface area contributed by atoms with Gasteiger partial charge in [-0.2, -0.15) is 0 Å². The van der Waals surface area contributed by atoms with Crippen LogP contribution in [0.4, 0.5) is 17.1 Å². The van der Waals surface area contributed by atoms with Gasteiger partial charge in [0.25, 0.3) is 0 Å². The fourth-order valence-corrected chi connectivity index (χ4v) is 9.15. The zero-order valence-corrected chi connectivity index (χ0v) is 32.0. The molecular formula is C56H35NO2. The average Bonchev–Trinajstić information content (AvgIpc) is 3.89. The topological polar surface area (TPSA) is 29.5 Å². The second kappa shape index (κ2) is 13.4. The lowest BCUT2D eigenvalue weighted by Gasteiger charge is -2.29. The fraction of sp³-hybridized carbons (Fsp3) is 0. The van der Waals surface area contributed by atoms with Crippen LogP contribution in [-0.4, -0.2) is 0 Å². The lowest BCUT2D eigenvalue weighted by atomic mass is 9.91. The Morgan fingerprint density at radius 3 is 1.75 bits per heavy atom. The monoisotopic (exact) mass is 753 g/mol. The maximum Gasteiger partial charge on any atom is 0.143 e. The normalized spacial score (nSPS) is 11.7. The largest absolute Gasteiger partial charge is 0.456 e. The number of hydrogen-bond acceptors (Lipinski definition) is 3. The van der Waals surface area contributed by atoms with Crippen LogP contribution in [0.2, 0.25) is 0 Å². The quantitative estimate of drug-likeness (QED) is 0.158. The molecule has 2 aromatic heterocycles. The SMILES string of the molecule is c1ccc(-c2ccc(-c3cc4ccccc4c4ccccc34)cc2N(c2ccc(-c3cccc4c3oc3ccccc34)cc2)c2cccc3oc4ccccc4c23)cc1. The highest BCUT2D eigenvalue weighted by atomic mass is 16.3. The third kappa shape index (κ3) is 5.36. The van der Waals surface area contributed by atoms with Crippen molar-refractivity contribution in [2.45, 2.75) is 0 Å². The molecule has 59 heavy (non-hydrogen) atoms. The van der Waals surface area contributed by atoms with Crippen molar-refractivity contribution in [3.63, 3.8) is 0 Å². The van der Waals surface area contributed by atoms with E-state index in [1.165, 1.54) is 27.1 Å². The molecule has 0 N–H and O–H groups in total. The molecule has 3 heteroatoms. The number of benzene rings is 10. The van der Waals surface area contributed by atoms with Crippen molar-refractivity contribution in [3.8, 4) is 33.4 Å². The Morgan fingerprint density at radius 2 is 0.915 bits per heavy atom. The summed E-state index contributed by atoms with van der Waals surface area (Å²) >= 11 is 0. The van der Waals surface area contributed by atoms with E-state index >= 15 is 0 Å². The van der Waals surface area contributed by atoms with E-state index in [9.17, 15) is 0 Å². The maximum atomic E-state index is 6.52. The second-order valence-corrected chi connectivity index (χ2v) is 15.2. The third-order valence-corrected chi connectivity index (χ3v) is 11.9. The van der Waals surface area contributed by atoms with E-state index in [0.29, 0.717) is 0 Å². The summed E-state index contributed by atoms with van der Waals surface area (Å²) in [7, 11) is 0. The fourth-order valence-electron chi connectivity index (χ4n) is 9.15. The Hall–Kier alpha value is -7.88. The van der Waals surface area contributed by atoms with Crippen LogP contribution in [0.15, 0.2) is 221 Å². The molecule has 0 amide bonds. The molecule has 12 rings (SSSR count). The highest BCUT2D eigenvalue weighted by Gasteiger charge is 2.24. The number of para-hydroxylation sites is 3. The summed E-state index contributed by atoms with van der Waals surface area (Å²) in [6.07, 6.45) is 0. The molecule has 0 radical (unpaired) electrons. The van der Waals surface area contributed by atoms with Crippen LogP contribution >= 0.6 is 0 Å². The first kappa shape index (κ1) is 33.3. The van der Waals surface area contributed by atoms with Gasteiger partial charge in [0, 0.05) is 33.0 Å². The molecule has 0 unspecified atom stereocenters. The number of nitrogens with zero attached hydrogens (tertiary/aromatic N) is 1. The Bertz CT molecular complexity index is 3560. The average molecular weight is 754 g/mol. The summed E-state index contributed by atoms with van der Waals surface area (Å²) in [5.74, 6) is 0. The van der Waals surface area contributed by atoms with Gasteiger partial charge in [-0.25, -0.2) is 0 Å². The highest BCUT2D eigenvalue weighted by Crippen LogP contribution is 2.48. The van der Waals surface area contributed by atoms with Gasteiger partial charge in [0.05, 0.1) is 16.8 Å². The van der Waals surface area contributed by atoms with E-state index in [1.54, 1.807) is 0 Å². The third-order valence-electron chi connectivity index (χ3n) is 11.9. The van der Waals surface area contributed by atoms with Crippen LogP contribution in [0.25, 0.3) is 98.8 Å². The number of furan rings is 2. The van der Waals surface area contributed by atoms with Crippen molar-refractivity contribution in [2.75, 3.05) is 4.90 Å². The number of rotatable bonds is 6. The van der Waals surface area contributed by atoms with Gasteiger partial charge in [0.1, 0.15) is 22.3 Å². The van der Waals surface area contributed by atoms with E-state index in [1.807, 2.05) is 18.2 Å². The molecule has 0 aliphatic rings. The Balaban J connectivity index is 1.12.